The van der Waals surface area contributed by atoms with Crippen LogP contribution in [0.5, 0.6) is 0 Å². The SMILES string of the molecule is CCNC(=NCC1(O)CCCC1)NC1CCC(C(=O)N2CCSCC2)CC1. The van der Waals surface area contributed by atoms with Crippen molar-refractivity contribution in [2.24, 2.45) is 10.9 Å². The summed E-state index contributed by atoms with van der Waals surface area (Å²) in [5.74, 6) is 3.54. The van der Waals surface area contributed by atoms with Crippen molar-refractivity contribution in [3.8, 4) is 0 Å². The Morgan fingerprint density at radius 3 is 2.48 bits per heavy atom. The van der Waals surface area contributed by atoms with Gasteiger partial charge in [-0.25, -0.2) is 0 Å². The second-order valence-corrected chi connectivity index (χ2v) is 9.48. The highest BCUT2D eigenvalue weighted by Crippen LogP contribution is 2.30. The number of amides is 1. The molecule has 0 aromatic heterocycles. The lowest BCUT2D eigenvalue weighted by molar-refractivity contribution is -0.136. The third kappa shape index (κ3) is 6.01. The minimum atomic E-state index is -0.612. The van der Waals surface area contributed by atoms with Crippen LogP contribution in [0.2, 0.25) is 0 Å². The Morgan fingerprint density at radius 2 is 1.85 bits per heavy atom. The van der Waals surface area contributed by atoms with Crippen LogP contribution in [0.15, 0.2) is 4.99 Å². The quantitative estimate of drug-likeness (QED) is 0.489. The highest BCUT2D eigenvalue weighted by atomic mass is 32.2. The number of guanidine groups is 1. The van der Waals surface area contributed by atoms with Gasteiger partial charge >= 0.3 is 0 Å². The lowest BCUT2D eigenvalue weighted by Gasteiger charge is -2.34. The summed E-state index contributed by atoms with van der Waals surface area (Å²) < 4.78 is 0. The Kier molecular flexibility index (Phi) is 7.70. The van der Waals surface area contributed by atoms with Gasteiger partial charge in [-0.2, -0.15) is 11.8 Å². The number of aliphatic imine (C=N–C) groups is 1. The van der Waals surface area contributed by atoms with Gasteiger partial charge in [0.05, 0.1) is 12.1 Å². The second kappa shape index (κ2) is 10.0. The molecule has 2 aliphatic carbocycles. The van der Waals surface area contributed by atoms with Crippen molar-refractivity contribution in [3.63, 3.8) is 0 Å². The minimum absolute atomic E-state index is 0.199. The highest BCUT2D eigenvalue weighted by molar-refractivity contribution is 7.99. The smallest absolute Gasteiger partial charge is 0.225 e. The topological polar surface area (TPSA) is 77.0 Å². The number of aliphatic hydroxyl groups is 1. The molecule has 0 atom stereocenters. The summed E-state index contributed by atoms with van der Waals surface area (Å²) in [5.41, 5.74) is -0.612. The van der Waals surface area contributed by atoms with Crippen LogP contribution in [0.25, 0.3) is 0 Å². The molecule has 2 saturated carbocycles. The van der Waals surface area contributed by atoms with Crippen LogP contribution in [-0.4, -0.2) is 71.2 Å². The molecule has 3 rings (SSSR count). The Balaban J connectivity index is 1.46. The molecule has 1 aliphatic heterocycles. The van der Waals surface area contributed by atoms with Gasteiger partial charge in [0.25, 0.3) is 0 Å². The zero-order valence-electron chi connectivity index (χ0n) is 16.7. The Hall–Kier alpha value is -0.950. The maximum absolute atomic E-state index is 12.7. The van der Waals surface area contributed by atoms with E-state index in [1.54, 1.807) is 0 Å². The van der Waals surface area contributed by atoms with E-state index in [9.17, 15) is 9.90 Å². The molecule has 154 valence electrons. The highest BCUT2D eigenvalue weighted by Gasteiger charge is 2.32. The van der Waals surface area contributed by atoms with Crippen LogP contribution in [0.3, 0.4) is 0 Å². The predicted octanol–water partition coefficient (Wildman–Crippen LogP) is 1.98. The Bertz CT molecular complexity index is 508. The van der Waals surface area contributed by atoms with Gasteiger partial charge in [0.1, 0.15) is 0 Å². The molecule has 1 saturated heterocycles. The summed E-state index contributed by atoms with van der Waals surface area (Å²) in [6.45, 7) is 5.19. The third-order valence-corrected chi connectivity index (χ3v) is 7.09. The summed E-state index contributed by atoms with van der Waals surface area (Å²) >= 11 is 1.95. The first-order valence-corrected chi connectivity index (χ1v) is 11.9. The molecule has 0 aromatic carbocycles. The Morgan fingerprint density at radius 1 is 1.19 bits per heavy atom. The normalized spacial score (nSPS) is 28.8. The summed E-state index contributed by atoms with van der Waals surface area (Å²) in [6.07, 6.45) is 7.86. The molecule has 27 heavy (non-hydrogen) atoms. The average Bonchev–Trinajstić information content (AvgIpc) is 3.14. The van der Waals surface area contributed by atoms with E-state index in [4.69, 9.17) is 0 Å². The fourth-order valence-corrected chi connectivity index (χ4v) is 5.36. The molecule has 3 fully saturated rings. The molecular weight excluding hydrogens is 360 g/mol. The third-order valence-electron chi connectivity index (χ3n) is 6.15. The number of carbonyl (C=O) groups is 1. The first-order valence-electron chi connectivity index (χ1n) is 10.7. The van der Waals surface area contributed by atoms with Gasteiger partial charge in [0.2, 0.25) is 5.91 Å². The van der Waals surface area contributed by atoms with Gasteiger partial charge in [-0.15, -0.1) is 0 Å². The summed E-state index contributed by atoms with van der Waals surface area (Å²) in [5, 5.41) is 17.4. The van der Waals surface area contributed by atoms with Crippen molar-refractivity contribution in [1.29, 1.82) is 0 Å². The minimum Gasteiger partial charge on any atom is -0.388 e. The van der Waals surface area contributed by atoms with Crippen LogP contribution < -0.4 is 10.6 Å². The lowest BCUT2D eigenvalue weighted by Crippen LogP contribution is -2.47. The van der Waals surface area contributed by atoms with Gasteiger partial charge in [-0.1, -0.05) is 12.8 Å². The number of rotatable bonds is 5. The van der Waals surface area contributed by atoms with Crippen molar-refractivity contribution in [1.82, 2.24) is 15.5 Å². The molecule has 3 aliphatic rings. The van der Waals surface area contributed by atoms with Crippen LogP contribution in [0, 0.1) is 5.92 Å². The molecule has 0 unspecified atom stereocenters. The zero-order valence-corrected chi connectivity index (χ0v) is 17.5. The molecule has 7 heteroatoms. The fourth-order valence-electron chi connectivity index (χ4n) is 4.46. The van der Waals surface area contributed by atoms with E-state index >= 15 is 0 Å². The molecule has 0 spiro atoms. The molecule has 0 radical (unpaired) electrons. The van der Waals surface area contributed by atoms with E-state index in [2.05, 4.69) is 27.4 Å². The number of hydrogen-bond acceptors (Lipinski definition) is 4. The summed E-state index contributed by atoms with van der Waals surface area (Å²) in [7, 11) is 0. The van der Waals surface area contributed by atoms with E-state index < -0.39 is 5.60 Å². The van der Waals surface area contributed by atoms with Crippen LogP contribution >= 0.6 is 11.8 Å². The zero-order chi connectivity index (χ0) is 19.1. The molecule has 0 aromatic rings. The van der Waals surface area contributed by atoms with Crippen LogP contribution in [0.4, 0.5) is 0 Å². The number of carbonyl (C=O) groups excluding carboxylic acids is 1. The summed E-state index contributed by atoms with van der Waals surface area (Å²) in [4.78, 5) is 19.4. The Labute approximate surface area is 167 Å². The predicted molar refractivity (Wildman–Crippen MR) is 112 cm³/mol. The first kappa shape index (κ1) is 20.8. The van der Waals surface area contributed by atoms with Gasteiger partial charge in [-0.3, -0.25) is 9.79 Å². The van der Waals surface area contributed by atoms with E-state index in [-0.39, 0.29) is 5.92 Å². The van der Waals surface area contributed by atoms with Crippen LogP contribution in [-0.2, 0) is 4.79 Å². The van der Waals surface area contributed by atoms with Gasteiger partial charge in [-0.05, 0) is 45.4 Å². The molecule has 6 nitrogen and oxygen atoms in total. The number of hydrogen-bond donors (Lipinski definition) is 3. The van der Waals surface area contributed by atoms with Crippen molar-refractivity contribution in [2.75, 3.05) is 37.7 Å². The number of nitrogens with zero attached hydrogens (tertiary/aromatic N) is 2. The van der Waals surface area contributed by atoms with Gasteiger partial charge in [0.15, 0.2) is 5.96 Å². The molecule has 3 N–H and O–H groups in total. The van der Waals surface area contributed by atoms with Crippen molar-refractivity contribution < 1.29 is 9.90 Å². The van der Waals surface area contributed by atoms with Crippen molar-refractivity contribution >= 4 is 23.6 Å². The van der Waals surface area contributed by atoms with E-state index in [0.29, 0.717) is 18.5 Å². The van der Waals surface area contributed by atoms with E-state index in [1.165, 1.54) is 0 Å². The van der Waals surface area contributed by atoms with E-state index in [1.807, 2.05) is 11.8 Å². The fraction of sp³-hybridized carbons (Fsp3) is 0.900. The van der Waals surface area contributed by atoms with Gasteiger partial charge < -0.3 is 20.6 Å². The molecule has 1 heterocycles. The number of nitrogens with one attached hydrogen (secondary N) is 2. The maximum atomic E-state index is 12.7. The van der Waals surface area contributed by atoms with Crippen molar-refractivity contribution in [2.45, 2.75) is 69.9 Å². The monoisotopic (exact) mass is 396 g/mol. The lowest BCUT2D eigenvalue weighted by atomic mass is 9.85. The molecule has 0 bridgehead atoms. The van der Waals surface area contributed by atoms with E-state index in [0.717, 1.165) is 88.5 Å². The van der Waals surface area contributed by atoms with Crippen molar-refractivity contribution in [3.05, 3.63) is 0 Å². The standard InChI is InChI=1S/C20H36N4O2S/c1-2-21-19(22-15-20(26)9-3-4-10-20)23-17-7-5-16(6-8-17)18(25)24-11-13-27-14-12-24/h16-17,26H,2-15H2,1H3,(H2,21,22,23). The largest absolute Gasteiger partial charge is 0.388 e. The van der Waals surface area contributed by atoms with Crippen LogP contribution in [0.1, 0.15) is 58.3 Å². The molecule has 1 amide bonds. The van der Waals surface area contributed by atoms with Gasteiger partial charge in [0, 0.05) is 43.1 Å². The number of thioether (sulfide) groups is 1. The first-order chi connectivity index (χ1) is 13.1. The average molecular weight is 397 g/mol. The summed E-state index contributed by atoms with van der Waals surface area (Å²) in [6, 6.07) is 0.363. The second-order valence-electron chi connectivity index (χ2n) is 8.26. The maximum Gasteiger partial charge on any atom is 0.225 e. The molecular formula is C20H36N4O2S.